The SMILES string of the molecule is Cc1ccc(Br)c(Nc2nc(N)ncc2C)c1. The van der Waals surface area contributed by atoms with Crippen LogP contribution < -0.4 is 11.1 Å². The molecule has 0 unspecified atom stereocenters. The molecule has 1 heterocycles. The lowest BCUT2D eigenvalue weighted by Crippen LogP contribution is -2.02. The third-order valence-electron chi connectivity index (χ3n) is 2.37. The number of nitrogen functional groups attached to an aromatic ring is 1. The fourth-order valence-electron chi connectivity index (χ4n) is 1.44. The van der Waals surface area contributed by atoms with Gasteiger partial charge in [0.2, 0.25) is 5.95 Å². The Balaban J connectivity index is 2.37. The maximum Gasteiger partial charge on any atom is 0.221 e. The van der Waals surface area contributed by atoms with Gasteiger partial charge < -0.3 is 11.1 Å². The summed E-state index contributed by atoms with van der Waals surface area (Å²) in [6, 6.07) is 6.08. The Bertz CT molecular complexity index is 505. The third-order valence-corrected chi connectivity index (χ3v) is 3.06. The van der Waals surface area contributed by atoms with Gasteiger partial charge in [0.15, 0.2) is 0 Å². The van der Waals surface area contributed by atoms with E-state index in [1.54, 1.807) is 6.20 Å². The fourth-order valence-corrected chi connectivity index (χ4v) is 1.79. The number of aryl methyl sites for hydroxylation is 2. The summed E-state index contributed by atoms with van der Waals surface area (Å²) >= 11 is 3.49. The quantitative estimate of drug-likeness (QED) is 0.892. The van der Waals surface area contributed by atoms with Crippen LogP contribution in [0.5, 0.6) is 0 Å². The Hall–Kier alpha value is -1.62. The Morgan fingerprint density at radius 3 is 2.82 bits per heavy atom. The average molecular weight is 293 g/mol. The molecule has 2 rings (SSSR count). The van der Waals surface area contributed by atoms with Crippen molar-refractivity contribution < 1.29 is 0 Å². The Morgan fingerprint density at radius 1 is 1.29 bits per heavy atom. The summed E-state index contributed by atoms with van der Waals surface area (Å²) in [5, 5.41) is 3.24. The predicted octanol–water partition coefficient (Wildman–Crippen LogP) is 3.18. The van der Waals surface area contributed by atoms with Crippen LogP contribution in [0, 0.1) is 13.8 Å². The van der Waals surface area contributed by atoms with E-state index in [9.17, 15) is 0 Å². The van der Waals surface area contributed by atoms with Gasteiger partial charge in [-0.3, -0.25) is 0 Å². The monoisotopic (exact) mass is 292 g/mol. The van der Waals surface area contributed by atoms with Crippen molar-refractivity contribution >= 4 is 33.4 Å². The first-order valence-electron chi connectivity index (χ1n) is 5.18. The van der Waals surface area contributed by atoms with Gasteiger partial charge in [-0.15, -0.1) is 0 Å². The summed E-state index contributed by atoms with van der Waals surface area (Å²) in [6.45, 7) is 3.98. The first-order chi connectivity index (χ1) is 8.06. The van der Waals surface area contributed by atoms with E-state index in [4.69, 9.17) is 5.73 Å². The first kappa shape index (κ1) is 11.9. The molecule has 0 aliphatic carbocycles. The van der Waals surface area contributed by atoms with E-state index in [2.05, 4.69) is 31.2 Å². The van der Waals surface area contributed by atoms with Crippen LogP contribution in [-0.4, -0.2) is 9.97 Å². The zero-order valence-electron chi connectivity index (χ0n) is 9.66. The van der Waals surface area contributed by atoms with E-state index in [0.29, 0.717) is 0 Å². The lowest BCUT2D eigenvalue weighted by molar-refractivity contribution is 1.14. The molecule has 0 fully saturated rings. The highest BCUT2D eigenvalue weighted by molar-refractivity contribution is 9.10. The molecule has 0 radical (unpaired) electrons. The molecule has 5 heteroatoms. The van der Waals surface area contributed by atoms with Crippen molar-refractivity contribution in [2.45, 2.75) is 13.8 Å². The maximum absolute atomic E-state index is 5.58. The summed E-state index contributed by atoms with van der Waals surface area (Å²) in [5.41, 5.74) is 8.67. The topological polar surface area (TPSA) is 63.8 Å². The van der Waals surface area contributed by atoms with Gasteiger partial charge >= 0.3 is 0 Å². The van der Waals surface area contributed by atoms with Gasteiger partial charge in [-0.1, -0.05) is 6.07 Å². The molecule has 1 aromatic heterocycles. The molecule has 0 atom stereocenters. The largest absolute Gasteiger partial charge is 0.368 e. The summed E-state index contributed by atoms with van der Waals surface area (Å²) in [4.78, 5) is 8.11. The predicted molar refractivity (Wildman–Crippen MR) is 73.3 cm³/mol. The average Bonchev–Trinajstić information content (AvgIpc) is 2.28. The van der Waals surface area contributed by atoms with Gasteiger partial charge in [-0.05, 0) is 47.5 Å². The highest BCUT2D eigenvalue weighted by Crippen LogP contribution is 2.27. The molecule has 0 saturated carbocycles. The second kappa shape index (κ2) is 4.71. The van der Waals surface area contributed by atoms with Gasteiger partial charge in [0.05, 0.1) is 5.69 Å². The molecule has 17 heavy (non-hydrogen) atoms. The first-order valence-corrected chi connectivity index (χ1v) is 5.98. The number of hydrogen-bond acceptors (Lipinski definition) is 4. The summed E-state index contributed by atoms with van der Waals surface area (Å²) in [5.74, 6) is 0.991. The molecule has 88 valence electrons. The number of nitrogens with one attached hydrogen (secondary N) is 1. The van der Waals surface area contributed by atoms with Crippen LogP contribution in [-0.2, 0) is 0 Å². The molecule has 0 bridgehead atoms. The highest BCUT2D eigenvalue weighted by atomic mass is 79.9. The van der Waals surface area contributed by atoms with Crippen LogP contribution in [0.2, 0.25) is 0 Å². The Labute approximate surface area is 108 Å². The molecule has 0 aliphatic rings. The van der Waals surface area contributed by atoms with E-state index < -0.39 is 0 Å². The molecule has 0 amide bonds. The summed E-state index contributed by atoms with van der Waals surface area (Å²) in [6.07, 6.45) is 1.70. The van der Waals surface area contributed by atoms with E-state index >= 15 is 0 Å². The standard InChI is InChI=1S/C12H13BrN4/c1-7-3-4-9(13)10(5-7)16-11-8(2)6-15-12(14)17-11/h3-6H,1-2H3,(H3,14,15,16,17). The molecule has 2 aromatic rings. The molecule has 0 aliphatic heterocycles. The third kappa shape index (κ3) is 2.74. The summed E-state index contributed by atoms with van der Waals surface area (Å²) in [7, 11) is 0. The lowest BCUT2D eigenvalue weighted by Gasteiger charge is -2.11. The zero-order chi connectivity index (χ0) is 12.4. The van der Waals surface area contributed by atoms with Gasteiger partial charge in [-0.25, -0.2) is 4.98 Å². The summed E-state index contributed by atoms with van der Waals surface area (Å²) < 4.78 is 0.986. The molecule has 4 nitrogen and oxygen atoms in total. The van der Waals surface area contributed by atoms with Crippen molar-refractivity contribution in [1.82, 2.24) is 9.97 Å². The highest BCUT2D eigenvalue weighted by Gasteiger charge is 2.05. The minimum atomic E-state index is 0.266. The van der Waals surface area contributed by atoms with Crippen LogP contribution >= 0.6 is 15.9 Å². The van der Waals surface area contributed by atoms with Gasteiger partial charge in [-0.2, -0.15) is 4.98 Å². The maximum atomic E-state index is 5.58. The van der Waals surface area contributed by atoms with Crippen molar-refractivity contribution in [3.8, 4) is 0 Å². The van der Waals surface area contributed by atoms with E-state index in [1.165, 1.54) is 5.56 Å². The van der Waals surface area contributed by atoms with Crippen LogP contribution in [0.1, 0.15) is 11.1 Å². The van der Waals surface area contributed by atoms with Crippen LogP contribution in [0.25, 0.3) is 0 Å². The van der Waals surface area contributed by atoms with E-state index in [1.807, 2.05) is 32.0 Å². The van der Waals surface area contributed by atoms with E-state index in [0.717, 1.165) is 21.5 Å². The van der Waals surface area contributed by atoms with Gasteiger partial charge in [0.1, 0.15) is 5.82 Å². The van der Waals surface area contributed by atoms with Crippen molar-refractivity contribution in [1.29, 1.82) is 0 Å². The molecule has 1 aromatic carbocycles. The molecular weight excluding hydrogens is 280 g/mol. The minimum Gasteiger partial charge on any atom is -0.368 e. The van der Waals surface area contributed by atoms with Gasteiger partial charge in [0, 0.05) is 16.2 Å². The minimum absolute atomic E-state index is 0.266. The van der Waals surface area contributed by atoms with Crippen molar-refractivity contribution in [3.05, 3.63) is 40.0 Å². The molecule has 0 saturated heterocycles. The Morgan fingerprint density at radius 2 is 2.06 bits per heavy atom. The number of nitrogens with two attached hydrogens (primary N) is 1. The van der Waals surface area contributed by atoms with Crippen LogP contribution in [0.4, 0.5) is 17.5 Å². The van der Waals surface area contributed by atoms with Gasteiger partial charge in [0.25, 0.3) is 0 Å². The lowest BCUT2D eigenvalue weighted by atomic mass is 10.2. The number of rotatable bonds is 2. The van der Waals surface area contributed by atoms with Crippen LogP contribution in [0.15, 0.2) is 28.9 Å². The number of anilines is 3. The van der Waals surface area contributed by atoms with Crippen molar-refractivity contribution in [3.63, 3.8) is 0 Å². The second-order valence-electron chi connectivity index (χ2n) is 3.87. The number of benzene rings is 1. The number of nitrogens with zero attached hydrogens (tertiary/aromatic N) is 2. The molecule has 3 N–H and O–H groups in total. The zero-order valence-corrected chi connectivity index (χ0v) is 11.2. The smallest absolute Gasteiger partial charge is 0.221 e. The number of halogens is 1. The molecular formula is C12H13BrN4. The number of aromatic nitrogens is 2. The molecule has 0 spiro atoms. The Kier molecular flexibility index (Phi) is 3.28. The van der Waals surface area contributed by atoms with Crippen LogP contribution in [0.3, 0.4) is 0 Å². The number of hydrogen-bond donors (Lipinski definition) is 2. The second-order valence-corrected chi connectivity index (χ2v) is 4.72. The van der Waals surface area contributed by atoms with Crippen molar-refractivity contribution in [2.75, 3.05) is 11.1 Å². The van der Waals surface area contributed by atoms with Crippen molar-refractivity contribution in [2.24, 2.45) is 0 Å². The van der Waals surface area contributed by atoms with E-state index in [-0.39, 0.29) is 5.95 Å². The fraction of sp³-hybridized carbons (Fsp3) is 0.167. The normalized spacial score (nSPS) is 10.3.